The summed E-state index contributed by atoms with van der Waals surface area (Å²) in [5.41, 5.74) is 2.79. The van der Waals surface area contributed by atoms with Crippen molar-refractivity contribution in [1.82, 2.24) is 5.32 Å². The number of piperidine rings is 1. The van der Waals surface area contributed by atoms with Gasteiger partial charge in [0.25, 0.3) is 0 Å². The number of halogens is 1. The van der Waals surface area contributed by atoms with Crippen molar-refractivity contribution in [2.75, 3.05) is 26.3 Å². The van der Waals surface area contributed by atoms with E-state index >= 15 is 0 Å². The highest BCUT2D eigenvalue weighted by molar-refractivity contribution is 9.10. The van der Waals surface area contributed by atoms with Crippen LogP contribution in [0.3, 0.4) is 0 Å². The largest absolute Gasteiger partial charge is 0.486 e. The Kier molecular flexibility index (Phi) is 4.75. The molecule has 0 bridgehead atoms. The number of nitrogens with one attached hydrogen (secondary N) is 1. The zero-order valence-corrected chi connectivity index (χ0v) is 14.5. The standard InChI is InChI=1S/C17H24BrNO2/c1-11(2)15-13(8-12-4-3-5-19-10-12)9-14-17(16(15)18)21-7-6-20-14/h9,11-12,19H,3-8,10H2,1-2H3. The van der Waals surface area contributed by atoms with Crippen molar-refractivity contribution in [3.05, 3.63) is 21.7 Å². The van der Waals surface area contributed by atoms with Gasteiger partial charge in [0.05, 0.1) is 4.47 Å². The third kappa shape index (κ3) is 3.21. The van der Waals surface area contributed by atoms with Crippen LogP contribution in [0.25, 0.3) is 0 Å². The molecule has 1 fully saturated rings. The second-order valence-electron chi connectivity index (χ2n) is 6.36. The molecule has 0 aliphatic carbocycles. The molecule has 0 spiro atoms. The van der Waals surface area contributed by atoms with Gasteiger partial charge in [-0.15, -0.1) is 0 Å². The van der Waals surface area contributed by atoms with Crippen LogP contribution in [0.15, 0.2) is 10.5 Å². The van der Waals surface area contributed by atoms with Crippen molar-refractivity contribution in [2.24, 2.45) is 5.92 Å². The first-order chi connectivity index (χ1) is 10.2. The van der Waals surface area contributed by atoms with E-state index < -0.39 is 0 Å². The van der Waals surface area contributed by atoms with E-state index in [1.165, 1.54) is 30.5 Å². The number of rotatable bonds is 3. The first kappa shape index (κ1) is 15.2. The Balaban J connectivity index is 1.95. The summed E-state index contributed by atoms with van der Waals surface area (Å²) in [5.74, 6) is 2.99. The summed E-state index contributed by atoms with van der Waals surface area (Å²) in [6.45, 7) is 8.07. The molecule has 4 heteroatoms. The minimum Gasteiger partial charge on any atom is -0.486 e. The summed E-state index contributed by atoms with van der Waals surface area (Å²) in [6.07, 6.45) is 3.72. The summed E-state index contributed by atoms with van der Waals surface area (Å²) >= 11 is 3.76. The fourth-order valence-corrected chi connectivity index (χ4v) is 4.43. The summed E-state index contributed by atoms with van der Waals surface area (Å²) in [4.78, 5) is 0. The van der Waals surface area contributed by atoms with Crippen molar-refractivity contribution in [3.8, 4) is 11.5 Å². The first-order valence-corrected chi connectivity index (χ1v) is 8.77. The van der Waals surface area contributed by atoms with Gasteiger partial charge in [0.1, 0.15) is 13.2 Å². The molecule has 0 saturated carbocycles. The van der Waals surface area contributed by atoms with Crippen LogP contribution in [0.4, 0.5) is 0 Å². The Morgan fingerprint density at radius 1 is 1.33 bits per heavy atom. The van der Waals surface area contributed by atoms with Crippen LogP contribution in [0.2, 0.25) is 0 Å². The number of fused-ring (bicyclic) bond motifs is 1. The first-order valence-electron chi connectivity index (χ1n) is 7.98. The highest BCUT2D eigenvalue weighted by Crippen LogP contribution is 2.44. The average Bonchev–Trinajstić information content (AvgIpc) is 2.48. The van der Waals surface area contributed by atoms with E-state index in [0.29, 0.717) is 19.1 Å². The maximum Gasteiger partial charge on any atom is 0.175 e. The topological polar surface area (TPSA) is 30.5 Å². The molecule has 2 heterocycles. The summed E-state index contributed by atoms with van der Waals surface area (Å²) < 4.78 is 12.7. The molecule has 21 heavy (non-hydrogen) atoms. The van der Waals surface area contributed by atoms with E-state index in [-0.39, 0.29) is 0 Å². The fourth-order valence-electron chi connectivity index (χ4n) is 3.41. The molecule has 3 nitrogen and oxygen atoms in total. The predicted octanol–water partition coefficient (Wildman–Crippen LogP) is 3.89. The van der Waals surface area contributed by atoms with Crippen LogP contribution < -0.4 is 14.8 Å². The Bertz CT molecular complexity index is 510. The maximum atomic E-state index is 5.81. The van der Waals surface area contributed by atoms with Crippen molar-refractivity contribution >= 4 is 15.9 Å². The highest BCUT2D eigenvalue weighted by Gasteiger charge is 2.24. The SMILES string of the molecule is CC(C)c1c(CC2CCCNC2)cc2c(c1Br)OCCO2. The lowest BCUT2D eigenvalue weighted by atomic mass is 9.87. The molecule has 2 aliphatic rings. The number of hydrogen-bond donors (Lipinski definition) is 1. The molecule has 1 unspecified atom stereocenters. The van der Waals surface area contributed by atoms with Crippen molar-refractivity contribution in [3.63, 3.8) is 0 Å². The lowest BCUT2D eigenvalue weighted by Gasteiger charge is -2.28. The monoisotopic (exact) mass is 353 g/mol. The van der Waals surface area contributed by atoms with E-state index in [1.54, 1.807) is 0 Å². The lowest BCUT2D eigenvalue weighted by molar-refractivity contribution is 0.170. The molecule has 116 valence electrons. The van der Waals surface area contributed by atoms with Crippen molar-refractivity contribution in [2.45, 2.75) is 39.0 Å². The smallest absolute Gasteiger partial charge is 0.175 e. The van der Waals surface area contributed by atoms with Crippen LogP contribution in [0.5, 0.6) is 11.5 Å². The zero-order valence-electron chi connectivity index (χ0n) is 12.9. The molecule has 0 aromatic heterocycles. The quantitative estimate of drug-likeness (QED) is 0.894. The van der Waals surface area contributed by atoms with Gasteiger partial charge in [-0.2, -0.15) is 0 Å². The van der Waals surface area contributed by atoms with Crippen LogP contribution in [-0.4, -0.2) is 26.3 Å². The van der Waals surface area contributed by atoms with E-state index in [0.717, 1.165) is 34.9 Å². The van der Waals surface area contributed by atoms with Crippen LogP contribution >= 0.6 is 15.9 Å². The van der Waals surface area contributed by atoms with Gasteiger partial charge in [-0.05, 0) is 77.3 Å². The van der Waals surface area contributed by atoms with Crippen LogP contribution in [0.1, 0.15) is 43.7 Å². The molecular formula is C17H24BrNO2. The average molecular weight is 354 g/mol. The van der Waals surface area contributed by atoms with Gasteiger partial charge >= 0.3 is 0 Å². The molecule has 1 N–H and O–H groups in total. The lowest BCUT2D eigenvalue weighted by Crippen LogP contribution is -2.31. The Hall–Kier alpha value is -0.740. The molecular weight excluding hydrogens is 330 g/mol. The van der Waals surface area contributed by atoms with Gasteiger partial charge in [0.15, 0.2) is 11.5 Å². The second-order valence-corrected chi connectivity index (χ2v) is 7.15. The van der Waals surface area contributed by atoms with Crippen LogP contribution in [0, 0.1) is 5.92 Å². The highest BCUT2D eigenvalue weighted by atomic mass is 79.9. The maximum absolute atomic E-state index is 5.81. The molecule has 0 radical (unpaired) electrons. The summed E-state index contributed by atoms with van der Waals surface area (Å²) in [5, 5.41) is 3.51. The van der Waals surface area contributed by atoms with E-state index in [2.05, 4.69) is 41.2 Å². The molecule has 1 atom stereocenters. The second kappa shape index (κ2) is 6.57. The normalized spacial score (nSPS) is 21.6. The van der Waals surface area contributed by atoms with Gasteiger partial charge in [-0.3, -0.25) is 0 Å². The predicted molar refractivity (Wildman–Crippen MR) is 88.5 cm³/mol. The molecule has 1 aromatic carbocycles. The fraction of sp³-hybridized carbons (Fsp3) is 0.647. The minimum atomic E-state index is 0.474. The number of benzene rings is 1. The van der Waals surface area contributed by atoms with Crippen LogP contribution in [-0.2, 0) is 6.42 Å². The van der Waals surface area contributed by atoms with Gasteiger partial charge in [-0.1, -0.05) is 13.8 Å². The van der Waals surface area contributed by atoms with E-state index in [4.69, 9.17) is 9.47 Å². The molecule has 0 amide bonds. The van der Waals surface area contributed by atoms with Gasteiger partial charge in [0, 0.05) is 0 Å². The Morgan fingerprint density at radius 3 is 2.86 bits per heavy atom. The zero-order chi connectivity index (χ0) is 14.8. The third-order valence-electron chi connectivity index (χ3n) is 4.38. The summed E-state index contributed by atoms with van der Waals surface area (Å²) in [6, 6.07) is 2.21. The molecule has 1 saturated heterocycles. The van der Waals surface area contributed by atoms with Crippen molar-refractivity contribution in [1.29, 1.82) is 0 Å². The third-order valence-corrected chi connectivity index (χ3v) is 5.17. The minimum absolute atomic E-state index is 0.474. The van der Waals surface area contributed by atoms with Gasteiger partial charge in [-0.25, -0.2) is 0 Å². The molecule has 1 aromatic rings. The molecule has 3 rings (SSSR count). The Labute approximate surface area is 135 Å². The number of hydrogen-bond acceptors (Lipinski definition) is 3. The summed E-state index contributed by atoms with van der Waals surface area (Å²) in [7, 11) is 0. The van der Waals surface area contributed by atoms with Gasteiger partial charge < -0.3 is 14.8 Å². The van der Waals surface area contributed by atoms with Gasteiger partial charge in [0.2, 0.25) is 0 Å². The molecule has 2 aliphatic heterocycles. The van der Waals surface area contributed by atoms with Crippen molar-refractivity contribution < 1.29 is 9.47 Å². The number of ether oxygens (including phenoxy) is 2. The van der Waals surface area contributed by atoms with E-state index in [1.807, 2.05) is 0 Å². The van der Waals surface area contributed by atoms with E-state index in [9.17, 15) is 0 Å². The Morgan fingerprint density at radius 2 is 2.14 bits per heavy atom.